The van der Waals surface area contributed by atoms with Gasteiger partial charge in [0.05, 0.1) is 21.9 Å². The molecule has 0 amide bonds. The third kappa shape index (κ3) is 5.92. The van der Waals surface area contributed by atoms with Crippen molar-refractivity contribution in [2.24, 2.45) is 0 Å². The molecule has 11 heteroatoms. The van der Waals surface area contributed by atoms with Gasteiger partial charge in [-0.2, -0.15) is 26.3 Å². The van der Waals surface area contributed by atoms with E-state index in [9.17, 15) is 41.4 Å². The first-order valence-electron chi connectivity index (χ1n) is 12.3. The Hall–Kier alpha value is -3.37. The lowest BCUT2D eigenvalue weighted by atomic mass is 9.71. The van der Waals surface area contributed by atoms with Crippen molar-refractivity contribution < 1.29 is 41.4 Å². The lowest BCUT2D eigenvalue weighted by molar-refractivity contribution is -0.161. The van der Waals surface area contributed by atoms with Crippen LogP contribution < -0.4 is 0 Å². The normalized spacial score (nSPS) is 16.6. The van der Waals surface area contributed by atoms with E-state index in [-0.39, 0.29) is 22.3 Å². The zero-order valence-corrected chi connectivity index (χ0v) is 22.9. The molecule has 0 aliphatic heterocycles. The molecule has 0 radical (unpaired) electrons. The van der Waals surface area contributed by atoms with Crippen molar-refractivity contribution in [2.45, 2.75) is 34.3 Å². The average molecular weight is 627 g/mol. The zero-order valence-electron chi connectivity index (χ0n) is 21.4. The van der Waals surface area contributed by atoms with Gasteiger partial charge in [-0.3, -0.25) is 4.79 Å². The third-order valence-electron chi connectivity index (χ3n) is 6.87. The highest BCUT2D eigenvalue weighted by Crippen LogP contribution is 2.51. The summed E-state index contributed by atoms with van der Waals surface area (Å²) in [7, 11) is 0. The van der Waals surface area contributed by atoms with Crippen LogP contribution in [-0.4, -0.2) is 16.0 Å². The second-order valence-electron chi connectivity index (χ2n) is 9.57. The first-order chi connectivity index (χ1) is 19.6. The Morgan fingerprint density at radius 1 is 0.524 bits per heavy atom. The quantitative estimate of drug-likeness (QED) is 0.153. The van der Waals surface area contributed by atoms with Gasteiger partial charge in [-0.05, 0) is 34.4 Å². The minimum absolute atomic E-state index is 0.199. The maximum absolute atomic E-state index is 14.6. The SMILES string of the molecule is O=C(C(O)(c1ccccc1)C(Cl)c1cccc(C(F)(F)F)c1)C(O)(c1ccccc1)C(Cl)c1cccc(C(F)(F)F)c1. The lowest BCUT2D eigenvalue weighted by Crippen LogP contribution is -2.53. The predicted octanol–water partition coefficient (Wildman–Crippen LogP) is 8.33. The number of hydrogen-bond acceptors (Lipinski definition) is 3. The number of Topliss-reactive ketones (excluding diaryl/α,β-unsaturated/α-hetero) is 1. The first-order valence-corrected chi connectivity index (χ1v) is 13.2. The molecule has 3 nitrogen and oxygen atoms in total. The molecule has 0 saturated carbocycles. The van der Waals surface area contributed by atoms with Crippen LogP contribution in [0.25, 0.3) is 0 Å². The van der Waals surface area contributed by atoms with Crippen LogP contribution in [-0.2, 0) is 28.3 Å². The predicted molar refractivity (Wildman–Crippen MR) is 146 cm³/mol. The molecule has 0 aliphatic rings. The number of ketones is 1. The topological polar surface area (TPSA) is 57.5 Å². The number of alkyl halides is 8. The summed E-state index contributed by atoms with van der Waals surface area (Å²) < 4.78 is 81.1. The second kappa shape index (κ2) is 11.7. The molecule has 4 aromatic carbocycles. The van der Waals surface area contributed by atoms with Gasteiger partial charge in [0.1, 0.15) is 0 Å². The van der Waals surface area contributed by atoms with Crippen molar-refractivity contribution in [1.29, 1.82) is 0 Å². The Morgan fingerprint density at radius 3 is 1.14 bits per heavy atom. The van der Waals surface area contributed by atoms with E-state index in [1.165, 1.54) is 72.8 Å². The fourth-order valence-electron chi connectivity index (χ4n) is 4.69. The fraction of sp³-hybridized carbons (Fsp3) is 0.194. The van der Waals surface area contributed by atoms with E-state index in [0.29, 0.717) is 12.1 Å². The van der Waals surface area contributed by atoms with Gasteiger partial charge in [-0.1, -0.05) is 97.1 Å². The number of hydrogen-bond donors (Lipinski definition) is 2. The molecule has 2 N–H and O–H groups in total. The van der Waals surface area contributed by atoms with Crippen LogP contribution in [0.5, 0.6) is 0 Å². The van der Waals surface area contributed by atoms with Crippen LogP contribution in [0.3, 0.4) is 0 Å². The molecule has 4 aromatic rings. The van der Waals surface area contributed by atoms with Crippen LogP contribution in [0.2, 0.25) is 0 Å². The molecule has 0 bridgehead atoms. The van der Waals surface area contributed by atoms with Gasteiger partial charge < -0.3 is 10.2 Å². The van der Waals surface area contributed by atoms with Crippen molar-refractivity contribution in [2.75, 3.05) is 0 Å². The average Bonchev–Trinajstić information content (AvgIpc) is 2.99. The minimum Gasteiger partial charge on any atom is -0.375 e. The largest absolute Gasteiger partial charge is 0.416 e. The summed E-state index contributed by atoms with van der Waals surface area (Å²) in [5.74, 6) is -1.47. The molecule has 0 aromatic heterocycles. The molecule has 4 atom stereocenters. The maximum atomic E-state index is 14.6. The Morgan fingerprint density at radius 2 is 0.833 bits per heavy atom. The Kier molecular flexibility index (Phi) is 8.81. The summed E-state index contributed by atoms with van der Waals surface area (Å²) in [6, 6.07) is 21.2. The number of carbonyl (C=O) groups excluding carboxylic acids is 1. The molecule has 220 valence electrons. The molecule has 0 spiro atoms. The maximum Gasteiger partial charge on any atom is 0.416 e. The van der Waals surface area contributed by atoms with Crippen LogP contribution >= 0.6 is 23.2 Å². The summed E-state index contributed by atoms with van der Waals surface area (Å²) >= 11 is 13.3. The molecule has 4 unspecified atom stereocenters. The highest BCUT2D eigenvalue weighted by molar-refractivity contribution is 6.26. The van der Waals surface area contributed by atoms with Crippen LogP contribution in [0, 0.1) is 0 Å². The summed E-state index contributed by atoms with van der Waals surface area (Å²) in [6.07, 6.45) is -9.56. The molecular weight excluding hydrogens is 605 g/mol. The zero-order chi connectivity index (χ0) is 30.9. The van der Waals surface area contributed by atoms with E-state index in [1.807, 2.05) is 0 Å². The van der Waals surface area contributed by atoms with Crippen molar-refractivity contribution in [1.82, 2.24) is 0 Å². The monoisotopic (exact) mass is 626 g/mol. The molecule has 0 fully saturated rings. The lowest BCUT2D eigenvalue weighted by Gasteiger charge is -2.41. The summed E-state index contributed by atoms with van der Waals surface area (Å²) in [4.78, 5) is 14.6. The first kappa shape index (κ1) is 31.6. The van der Waals surface area contributed by atoms with Crippen molar-refractivity contribution >= 4 is 29.0 Å². The van der Waals surface area contributed by atoms with Gasteiger partial charge >= 0.3 is 12.4 Å². The van der Waals surface area contributed by atoms with Gasteiger partial charge in [-0.15, -0.1) is 23.2 Å². The number of halogens is 8. The van der Waals surface area contributed by atoms with Crippen molar-refractivity contribution in [3.8, 4) is 0 Å². The number of benzene rings is 4. The van der Waals surface area contributed by atoms with Gasteiger partial charge in [0.15, 0.2) is 11.2 Å². The van der Waals surface area contributed by atoms with Crippen molar-refractivity contribution in [3.63, 3.8) is 0 Å². The van der Waals surface area contributed by atoms with E-state index in [2.05, 4.69) is 0 Å². The smallest absolute Gasteiger partial charge is 0.375 e. The standard InChI is InChI=1S/C31H22Cl2F6O3/c32-25(19-9-7-15-23(17-19)30(34,35)36)28(41,21-11-3-1-4-12-21)27(40)29(42,22-13-5-2-6-14-22)26(33)20-10-8-16-24(18-20)31(37,38)39/h1-18,25-26,41-42H. The summed E-state index contributed by atoms with van der Waals surface area (Å²) in [5.41, 5.74) is -9.11. The van der Waals surface area contributed by atoms with Crippen LogP contribution in [0.15, 0.2) is 109 Å². The van der Waals surface area contributed by atoms with E-state index in [0.717, 1.165) is 24.3 Å². The minimum atomic E-state index is -4.78. The summed E-state index contributed by atoms with van der Waals surface area (Å²) in [6.45, 7) is 0. The van der Waals surface area contributed by atoms with Gasteiger partial charge in [0.2, 0.25) is 5.78 Å². The Labute approximate surface area is 247 Å². The molecule has 0 heterocycles. The number of rotatable bonds is 8. The van der Waals surface area contributed by atoms with E-state index in [1.54, 1.807) is 0 Å². The summed E-state index contributed by atoms with van der Waals surface area (Å²) in [5, 5.41) is 20.5. The van der Waals surface area contributed by atoms with Gasteiger partial charge in [0, 0.05) is 0 Å². The third-order valence-corrected chi connectivity index (χ3v) is 8.00. The molecule has 4 rings (SSSR count). The van der Waals surface area contributed by atoms with E-state index >= 15 is 0 Å². The second-order valence-corrected chi connectivity index (χ2v) is 10.4. The van der Waals surface area contributed by atoms with E-state index < -0.39 is 51.2 Å². The molecule has 0 aliphatic carbocycles. The number of aliphatic hydroxyl groups is 2. The highest BCUT2D eigenvalue weighted by Gasteiger charge is 2.58. The van der Waals surface area contributed by atoms with E-state index in [4.69, 9.17) is 23.2 Å². The fourth-order valence-corrected chi connectivity index (χ4v) is 5.41. The van der Waals surface area contributed by atoms with Crippen molar-refractivity contribution in [3.05, 3.63) is 143 Å². The number of carbonyl (C=O) groups is 1. The Balaban J connectivity index is 1.96. The van der Waals surface area contributed by atoms with Gasteiger partial charge in [-0.25, -0.2) is 0 Å². The van der Waals surface area contributed by atoms with Gasteiger partial charge in [0.25, 0.3) is 0 Å². The molecular formula is C31H22Cl2F6O3. The molecule has 42 heavy (non-hydrogen) atoms. The highest BCUT2D eigenvalue weighted by atomic mass is 35.5. The van der Waals surface area contributed by atoms with Crippen LogP contribution in [0.1, 0.15) is 44.1 Å². The Bertz CT molecular complexity index is 1430. The van der Waals surface area contributed by atoms with Crippen LogP contribution in [0.4, 0.5) is 26.3 Å². The molecule has 0 saturated heterocycles.